The van der Waals surface area contributed by atoms with Crippen LogP contribution in [0.3, 0.4) is 0 Å². The summed E-state index contributed by atoms with van der Waals surface area (Å²) in [5.41, 5.74) is 2.62. The lowest BCUT2D eigenvalue weighted by Crippen LogP contribution is -1.95. The van der Waals surface area contributed by atoms with Crippen molar-refractivity contribution in [2.45, 2.75) is 12.8 Å². The first-order valence-corrected chi connectivity index (χ1v) is 4.56. The largest absolute Gasteiger partial charge is 0.364 e. The minimum absolute atomic E-state index is 0.455. The summed E-state index contributed by atoms with van der Waals surface area (Å²) in [7, 11) is 0. The number of H-pyrrole nitrogens is 1. The fraction of sp³-hybridized carbons (Fsp3) is 0.167. The molecule has 0 bridgehead atoms. The van der Waals surface area contributed by atoms with Crippen LogP contribution in [0.2, 0.25) is 0 Å². The highest BCUT2D eigenvalue weighted by molar-refractivity contribution is 5.27. The summed E-state index contributed by atoms with van der Waals surface area (Å²) >= 11 is 0. The van der Waals surface area contributed by atoms with Gasteiger partial charge in [-0.05, 0) is 17.7 Å². The Morgan fingerprint density at radius 2 is 1.77 bits per heavy atom. The maximum atomic E-state index is 3.24. The monoisotopic (exact) mass is 171 g/mol. The van der Waals surface area contributed by atoms with E-state index < -0.39 is 0 Å². The molecule has 1 atom stereocenters. The molecule has 66 valence electrons. The van der Waals surface area contributed by atoms with Crippen molar-refractivity contribution in [1.82, 2.24) is 4.98 Å². The maximum Gasteiger partial charge on any atom is 0.0220 e. The fourth-order valence-corrected chi connectivity index (χ4v) is 1.53. The van der Waals surface area contributed by atoms with Crippen molar-refractivity contribution < 1.29 is 0 Å². The van der Waals surface area contributed by atoms with Gasteiger partial charge in [-0.3, -0.25) is 0 Å². The van der Waals surface area contributed by atoms with Gasteiger partial charge in [0.05, 0.1) is 0 Å². The van der Waals surface area contributed by atoms with Crippen molar-refractivity contribution in [2.75, 3.05) is 0 Å². The van der Waals surface area contributed by atoms with E-state index in [0.717, 1.165) is 0 Å². The Hall–Kier alpha value is -1.50. The standard InChI is InChI=1S/C12H13N/c1-10(12-8-5-9-13-12)11-6-3-2-4-7-11/h2-10,13H,1H3. The SMILES string of the molecule is CC(c1ccccc1)c1ccc[nH]1. The molecule has 2 aromatic rings. The van der Waals surface area contributed by atoms with Crippen LogP contribution >= 0.6 is 0 Å². The van der Waals surface area contributed by atoms with E-state index in [9.17, 15) is 0 Å². The van der Waals surface area contributed by atoms with Gasteiger partial charge in [0.15, 0.2) is 0 Å². The van der Waals surface area contributed by atoms with Gasteiger partial charge < -0.3 is 4.98 Å². The molecule has 1 unspecified atom stereocenters. The molecule has 1 N–H and O–H groups in total. The molecule has 1 heterocycles. The van der Waals surface area contributed by atoms with Gasteiger partial charge in [-0.2, -0.15) is 0 Å². The molecule has 0 saturated heterocycles. The quantitative estimate of drug-likeness (QED) is 0.714. The van der Waals surface area contributed by atoms with Crippen molar-refractivity contribution in [1.29, 1.82) is 0 Å². The minimum Gasteiger partial charge on any atom is -0.364 e. The molecule has 13 heavy (non-hydrogen) atoms. The first kappa shape index (κ1) is 8.11. The summed E-state index contributed by atoms with van der Waals surface area (Å²) in [4.78, 5) is 3.24. The van der Waals surface area contributed by atoms with Gasteiger partial charge in [0.2, 0.25) is 0 Å². The Kier molecular flexibility index (Phi) is 2.17. The number of hydrogen-bond donors (Lipinski definition) is 1. The fourth-order valence-electron chi connectivity index (χ4n) is 1.53. The van der Waals surface area contributed by atoms with E-state index in [2.05, 4.69) is 42.2 Å². The smallest absolute Gasteiger partial charge is 0.0220 e. The van der Waals surface area contributed by atoms with Crippen molar-refractivity contribution >= 4 is 0 Å². The van der Waals surface area contributed by atoms with Crippen LogP contribution in [0.15, 0.2) is 48.7 Å². The van der Waals surface area contributed by atoms with E-state index in [4.69, 9.17) is 0 Å². The molecule has 0 radical (unpaired) electrons. The first-order valence-electron chi connectivity index (χ1n) is 4.56. The summed E-state index contributed by atoms with van der Waals surface area (Å²) in [6.45, 7) is 2.21. The molecule has 0 fully saturated rings. The van der Waals surface area contributed by atoms with Crippen LogP contribution in [0, 0.1) is 0 Å². The van der Waals surface area contributed by atoms with Gasteiger partial charge in [0, 0.05) is 17.8 Å². The average molecular weight is 171 g/mol. The average Bonchev–Trinajstić information content (AvgIpc) is 2.71. The Morgan fingerprint density at radius 1 is 1.00 bits per heavy atom. The van der Waals surface area contributed by atoms with Gasteiger partial charge in [-0.25, -0.2) is 0 Å². The molecule has 0 aliphatic heterocycles. The molecule has 0 amide bonds. The third-order valence-corrected chi connectivity index (χ3v) is 2.39. The van der Waals surface area contributed by atoms with Crippen LogP contribution in [0.5, 0.6) is 0 Å². The van der Waals surface area contributed by atoms with E-state index in [-0.39, 0.29) is 0 Å². The van der Waals surface area contributed by atoms with Crippen molar-refractivity contribution in [3.05, 3.63) is 59.9 Å². The van der Waals surface area contributed by atoms with Crippen molar-refractivity contribution in [3.63, 3.8) is 0 Å². The Morgan fingerprint density at radius 3 is 2.38 bits per heavy atom. The molecule has 0 spiro atoms. The van der Waals surface area contributed by atoms with Crippen LogP contribution in [0.25, 0.3) is 0 Å². The van der Waals surface area contributed by atoms with E-state index in [1.807, 2.05) is 18.3 Å². The third-order valence-electron chi connectivity index (χ3n) is 2.39. The summed E-state index contributed by atoms with van der Waals surface area (Å²) in [6.07, 6.45) is 1.97. The second kappa shape index (κ2) is 3.48. The van der Waals surface area contributed by atoms with Gasteiger partial charge in [-0.15, -0.1) is 0 Å². The van der Waals surface area contributed by atoms with Gasteiger partial charge in [0.25, 0.3) is 0 Å². The van der Waals surface area contributed by atoms with Crippen molar-refractivity contribution in [3.8, 4) is 0 Å². The van der Waals surface area contributed by atoms with Crippen LogP contribution in [-0.2, 0) is 0 Å². The Balaban J connectivity index is 2.29. The minimum atomic E-state index is 0.455. The molecular weight excluding hydrogens is 158 g/mol. The molecule has 1 aromatic carbocycles. The van der Waals surface area contributed by atoms with Crippen LogP contribution in [-0.4, -0.2) is 4.98 Å². The lowest BCUT2D eigenvalue weighted by molar-refractivity contribution is 0.884. The summed E-state index contributed by atoms with van der Waals surface area (Å²) in [6, 6.07) is 14.7. The molecule has 0 aliphatic carbocycles. The predicted molar refractivity (Wildman–Crippen MR) is 54.8 cm³/mol. The number of aromatic amines is 1. The molecule has 1 heteroatoms. The van der Waals surface area contributed by atoms with E-state index >= 15 is 0 Å². The number of hydrogen-bond acceptors (Lipinski definition) is 0. The summed E-state index contributed by atoms with van der Waals surface area (Å²) < 4.78 is 0. The normalized spacial score (nSPS) is 12.7. The lowest BCUT2D eigenvalue weighted by atomic mass is 9.98. The van der Waals surface area contributed by atoms with Gasteiger partial charge in [-0.1, -0.05) is 37.3 Å². The van der Waals surface area contributed by atoms with Crippen LogP contribution in [0.1, 0.15) is 24.1 Å². The van der Waals surface area contributed by atoms with E-state index in [1.54, 1.807) is 0 Å². The zero-order chi connectivity index (χ0) is 9.10. The number of benzene rings is 1. The molecule has 0 saturated carbocycles. The van der Waals surface area contributed by atoms with E-state index in [1.165, 1.54) is 11.3 Å². The molecule has 2 rings (SSSR count). The highest BCUT2D eigenvalue weighted by Gasteiger charge is 2.06. The van der Waals surface area contributed by atoms with Crippen molar-refractivity contribution in [2.24, 2.45) is 0 Å². The Bertz CT molecular complexity index is 348. The third kappa shape index (κ3) is 1.64. The number of rotatable bonds is 2. The van der Waals surface area contributed by atoms with Crippen LogP contribution in [0.4, 0.5) is 0 Å². The first-order chi connectivity index (χ1) is 6.38. The number of nitrogens with one attached hydrogen (secondary N) is 1. The second-order valence-corrected chi connectivity index (χ2v) is 3.26. The maximum absolute atomic E-state index is 3.24. The predicted octanol–water partition coefficient (Wildman–Crippen LogP) is 3.17. The Labute approximate surface area is 78.4 Å². The molecule has 1 aromatic heterocycles. The zero-order valence-corrected chi connectivity index (χ0v) is 7.70. The highest BCUT2D eigenvalue weighted by Crippen LogP contribution is 2.21. The second-order valence-electron chi connectivity index (χ2n) is 3.26. The number of aromatic nitrogens is 1. The molecular formula is C12H13N. The molecule has 0 aliphatic rings. The lowest BCUT2D eigenvalue weighted by Gasteiger charge is -2.09. The topological polar surface area (TPSA) is 15.8 Å². The summed E-state index contributed by atoms with van der Waals surface area (Å²) in [5.74, 6) is 0.455. The molecule has 1 nitrogen and oxygen atoms in total. The zero-order valence-electron chi connectivity index (χ0n) is 7.70. The van der Waals surface area contributed by atoms with Gasteiger partial charge in [0.1, 0.15) is 0 Å². The highest BCUT2D eigenvalue weighted by atomic mass is 14.7. The van der Waals surface area contributed by atoms with E-state index in [0.29, 0.717) is 5.92 Å². The van der Waals surface area contributed by atoms with Crippen LogP contribution < -0.4 is 0 Å². The summed E-state index contributed by atoms with van der Waals surface area (Å²) in [5, 5.41) is 0. The van der Waals surface area contributed by atoms with Gasteiger partial charge >= 0.3 is 0 Å².